The smallest absolute Gasteiger partial charge is 0.150 e. The maximum Gasteiger partial charge on any atom is 0.150 e. The number of rotatable bonds is 2. The van der Waals surface area contributed by atoms with Gasteiger partial charge in [-0.15, -0.1) is 0 Å². The highest BCUT2D eigenvalue weighted by molar-refractivity contribution is 5.95. The lowest BCUT2D eigenvalue weighted by Crippen LogP contribution is -2.23. The Morgan fingerprint density at radius 1 is 1.39 bits per heavy atom. The second kappa shape index (κ2) is 4.42. The van der Waals surface area contributed by atoms with Gasteiger partial charge in [0, 0.05) is 41.3 Å². The molecule has 1 aliphatic rings. The topological polar surface area (TPSA) is 36.1 Å². The highest BCUT2D eigenvalue weighted by atomic mass is 16.1. The van der Waals surface area contributed by atoms with E-state index in [1.54, 1.807) is 0 Å². The number of fused-ring (bicyclic) bond motifs is 1. The monoisotopic (exact) mass is 240 g/mol. The Labute approximate surface area is 106 Å². The summed E-state index contributed by atoms with van der Waals surface area (Å²) in [6.45, 7) is 2.08. The van der Waals surface area contributed by atoms with Gasteiger partial charge in [0.05, 0.1) is 0 Å². The van der Waals surface area contributed by atoms with Gasteiger partial charge < -0.3 is 9.88 Å². The van der Waals surface area contributed by atoms with Crippen LogP contribution in [0, 0.1) is 0 Å². The van der Waals surface area contributed by atoms with E-state index in [0.717, 1.165) is 42.3 Å². The second-order valence-electron chi connectivity index (χ2n) is 4.87. The summed E-state index contributed by atoms with van der Waals surface area (Å²) in [6.07, 6.45) is 6.30. The standard InChI is InChI=1S/C15H16N2O/c1-17-6-4-12(5-7-17)14-9-16-15-3-2-11(10-18)8-13(14)15/h2-4,8-10,16H,5-7H2,1H3. The SMILES string of the molecule is CN1CC=C(c2c[nH]c3ccc(C=O)cc23)CC1. The molecular weight excluding hydrogens is 224 g/mol. The van der Waals surface area contributed by atoms with Gasteiger partial charge in [-0.2, -0.15) is 0 Å². The molecule has 1 N–H and O–H groups in total. The van der Waals surface area contributed by atoms with Gasteiger partial charge in [0.1, 0.15) is 6.29 Å². The molecule has 18 heavy (non-hydrogen) atoms. The van der Waals surface area contributed by atoms with E-state index in [2.05, 4.69) is 29.2 Å². The number of aldehydes is 1. The van der Waals surface area contributed by atoms with Crippen LogP contribution in [0.5, 0.6) is 0 Å². The third-order valence-corrected chi connectivity index (χ3v) is 3.60. The Hall–Kier alpha value is -1.87. The van der Waals surface area contributed by atoms with E-state index in [9.17, 15) is 4.79 Å². The molecule has 0 amide bonds. The number of aromatic amines is 1. The Kier molecular flexibility index (Phi) is 2.76. The summed E-state index contributed by atoms with van der Waals surface area (Å²) in [6, 6.07) is 5.78. The molecule has 92 valence electrons. The Bertz CT molecular complexity index is 624. The van der Waals surface area contributed by atoms with E-state index >= 15 is 0 Å². The number of hydrogen-bond donors (Lipinski definition) is 1. The fourth-order valence-corrected chi connectivity index (χ4v) is 2.49. The number of benzene rings is 1. The van der Waals surface area contributed by atoms with Gasteiger partial charge in [0.25, 0.3) is 0 Å². The first-order valence-corrected chi connectivity index (χ1v) is 6.22. The lowest BCUT2D eigenvalue weighted by molar-refractivity contribution is 0.112. The predicted molar refractivity (Wildman–Crippen MR) is 73.8 cm³/mol. The fourth-order valence-electron chi connectivity index (χ4n) is 2.49. The van der Waals surface area contributed by atoms with E-state index < -0.39 is 0 Å². The summed E-state index contributed by atoms with van der Waals surface area (Å²) in [7, 11) is 2.13. The number of nitrogens with one attached hydrogen (secondary N) is 1. The van der Waals surface area contributed by atoms with Crippen LogP contribution in [0.3, 0.4) is 0 Å². The van der Waals surface area contributed by atoms with E-state index in [0.29, 0.717) is 0 Å². The summed E-state index contributed by atoms with van der Waals surface area (Å²) in [5.41, 5.74) is 4.44. The zero-order valence-corrected chi connectivity index (χ0v) is 10.4. The van der Waals surface area contributed by atoms with E-state index in [-0.39, 0.29) is 0 Å². The molecule has 3 rings (SSSR count). The summed E-state index contributed by atoms with van der Waals surface area (Å²) >= 11 is 0. The highest BCUT2D eigenvalue weighted by Gasteiger charge is 2.13. The molecule has 0 aliphatic carbocycles. The van der Waals surface area contributed by atoms with Gasteiger partial charge in [-0.25, -0.2) is 0 Å². The molecule has 3 nitrogen and oxygen atoms in total. The van der Waals surface area contributed by atoms with Gasteiger partial charge in [0.15, 0.2) is 0 Å². The maximum absolute atomic E-state index is 10.9. The molecule has 0 saturated carbocycles. The minimum Gasteiger partial charge on any atom is -0.361 e. The Morgan fingerprint density at radius 3 is 3.00 bits per heavy atom. The van der Waals surface area contributed by atoms with E-state index in [4.69, 9.17) is 0 Å². The molecule has 1 aromatic heterocycles. The molecule has 0 fully saturated rings. The van der Waals surface area contributed by atoms with Crippen molar-refractivity contribution in [3.63, 3.8) is 0 Å². The zero-order chi connectivity index (χ0) is 12.5. The molecule has 0 saturated heterocycles. The first-order chi connectivity index (χ1) is 8.78. The van der Waals surface area contributed by atoms with Crippen molar-refractivity contribution in [1.82, 2.24) is 9.88 Å². The van der Waals surface area contributed by atoms with Crippen molar-refractivity contribution in [3.05, 3.63) is 41.6 Å². The van der Waals surface area contributed by atoms with Gasteiger partial charge in [-0.05, 0) is 37.2 Å². The summed E-state index contributed by atoms with van der Waals surface area (Å²) in [4.78, 5) is 16.4. The lowest BCUT2D eigenvalue weighted by Gasteiger charge is -2.21. The van der Waals surface area contributed by atoms with Crippen LogP contribution in [0.15, 0.2) is 30.5 Å². The third kappa shape index (κ3) is 1.87. The summed E-state index contributed by atoms with van der Waals surface area (Å²) in [5, 5.41) is 1.15. The Morgan fingerprint density at radius 2 is 2.28 bits per heavy atom. The van der Waals surface area contributed by atoms with E-state index in [1.165, 1.54) is 11.1 Å². The number of H-pyrrole nitrogens is 1. The van der Waals surface area contributed by atoms with Crippen LogP contribution in [-0.2, 0) is 0 Å². The molecule has 2 heterocycles. The van der Waals surface area contributed by atoms with Crippen LogP contribution >= 0.6 is 0 Å². The summed E-state index contributed by atoms with van der Waals surface area (Å²) < 4.78 is 0. The molecule has 0 spiro atoms. The minimum absolute atomic E-state index is 0.733. The number of nitrogens with zero attached hydrogens (tertiary/aromatic N) is 1. The minimum atomic E-state index is 0.733. The molecule has 0 unspecified atom stereocenters. The van der Waals surface area contributed by atoms with Crippen LogP contribution in [0.1, 0.15) is 22.3 Å². The van der Waals surface area contributed by atoms with Crippen LogP contribution in [0.25, 0.3) is 16.5 Å². The fraction of sp³-hybridized carbons (Fsp3) is 0.267. The van der Waals surface area contributed by atoms with Crippen LogP contribution in [0.4, 0.5) is 0 Å². The number of carbonyl (C=O) groups excluding carboxylic acids is 1. The van der Waals surface area contributed by atoms with Gasteiger partial charge in [-0.1, -0.05) is 6.08 Å². The lowest BCUT2D eigenvalue weighted by atomic mass is 9.98. The molecular formula is C15H16N2O. The van der Waals surface area contributed by atoms with Gasteiger partial charge >= 0.3 is 0 Å². The van der Waals surface area contributed by atoms with Gasteiger partial charge in [0.2, 0.25) is 0 Å². The van der Waals surface area contributed by atoms with Crippen molar-refractivity contribution in [2.24, 2.45) is 0 Å². The first kappa shape index (κ1) is 11.2. The molecule has 2 aromatic rings. The predicted octanol–water partition coefficient (Wildman–Crippen LogP) is 2.70. The average Bonchev–Trinajstić information content (AvgIpc) is 2.82. The molecule has 0 atom stereocenters. The van der Waals surface area contributed by atoms with Crippen LogP contribution in [0.2, 0.25) is 0 Å². The number of carbonyl (C=O) groups is 1. The van der Waals surface area contributed by atoms with E-state index in [1.807, 2.05) is 18.2 Å². The quantitative estimate of drug-likeness (QED) is 0.819. The largest absolute Gasteiger partial charge is 0.361 e. The van der Waals surface area contributed by atoms with Gasteiger partial charge in [-0.3, -0.25) is 4.79 Å². The first-order valence-electron chi connectivity index (χ1n) is 6.22. The average molecular weight is 240 g/mol. The third-order valence-electron chi connectivity index (χ3n) is 3.60. The van der Waals surface area contributed by atoms with Crippen molar-refractivity contribution in [2.45, 2.75) is 6.42 Å². The second-order valence-corrected chi connectivity index (χ2v) is 4.87. The molecule has 0 radical (unpaired) electrons. The van der Waals surface area contributed by atoms with Crippen molar-refractivity contribution in [1.29, 1.82) is 0 Å². The normalized spacial score (nSPS) is 16.8. The number of aromatic nitrogens is 1. The van der Waals surface area contributed by atoms with Crippen molar-refractivity contribution >= 4 is 22.8 Å². The molecule has 0 bridgehead atoms. The highest BCUT2D eigenvalue weighted by Crippen LogP contribution is 2.29. The molecule has 3 heteroatoms. The number of hydrogen-bond acceptors (Lipinski definition) is 2. The molecule has 1 aliphatic heterocycles. The zero-order valence-electron chi connectivity index (χ0n) is 10.4. The van der Waals surface area contributed by atoms with Crippen LogP contribution in [-0.4, -0.2) is 36.3 Å². The van der Waals surface area contributed by atoms with Crippen LogP contribution < -0.4 is 0 Å². The Balaban J connectivity index is 2.09. The maximum atomic E-state index is 10.9. The van der Waals surface area contributed by atoms with Crippen molar-refractivity contribution in [2.75, 3.05) is 20.1 Å². The van der Waals surface area contributed by atoms with Crippen molar-refractivity contribution in [3.8, 4) is 0 Å². The summed E-state index contributed by atoms with van der Waals surface area (Å²) in [5.74, 6) is 0. The molecule has 1 aromatic carbocycles. The van der Waals surface area contributed by atoms with Crippen molar-refractivity contribution < 1.29 is 4.79 Å². The number of likely N-dealkylation sites (N-methyl/N-ethyl adjacent to an activating group) is 1.